The molecule has 0 bridgehead atoms. The minimum Gasteiger partial charge on any atom is -0.321 e. The van der Waals surface area contributed by atoms with E-state index in [1.807, 2.05) is 19.1 Å². The Bertz CT molecular complexity index is 626. The highest BCUT2D eigenvalue weighted by Gasteiger charge is 2.09. The number of amides is 1. The van der Waals surface area contributed by atoms with Gasteiger partial charge in [-0.1, -0.05) is 27.5 Å². The van der Waals surface area contributed by atoms with Gasteiger partial charge >= 0.3 is 0 Å². The summed E-state index contributed by atoms with van der Waals surface area (Å²) < 4.78 is 1.51. The maximum atomic E-state index is 12.1. The number of benzene rings is 1. The van der Waals surface area contributed by atoms with Crippen LogP contribution >= 0.6 is 43.5 Å². The van der Waals surface area contributed by atoms with Crippen molar-refractivity contribution in [1.82, 2.24) is 4.98 Å². The van der Waals surface area contributed by atoms with Crippen molar-refractivity contribution in [2.24, 2.45) is 0 Å². The number of carbonyl (C=O) groups is 1. The zero-order valence-electron chi connectivity index (χ0n) is 9.88. The van der Waals surface area contributed by atoms with E-state index in [1.54, 1.807) is 12.1 Å². The number of pyridine rings is 1. The lowest BCUT2D eigenvalue weighted by Gasteiger charge is -2.07. The predicted molar refractivity (Wildman–Crippen MR) is 83.8 cm³/mol. The molecule has 1 N–H and O–H groups in total. The number of rotatable bonds is 2. The summed E-state index contributed by atoms with van der Waals surface area (Å²) in [5, 5.41) is 3.13. The molecule has 0 aliphatic heterocycles. The molecule has 0 fully saturated rings. The van der Waals surface area contributed by atoms with E-state index >= 15 is 0 Å². The van der Waals surface area contributed by atoms with Crippen LogP contribution in [0.4, 0.5) is 5.69 Å². The topological polar surface area (TPSA) is 42.0 Å². The average molecular weight is 404 g/mol. The van der Waals surface area contributed by atoms with Crippen molar-refractivity contribution in [3.05, 3.63) is 55.7 Å². The molecule has 0 spiro atoms. The van der Waals surface area contributed by atoms with E-state index < -0.39 is 0 Å². The van der Waals surface area contributed by atoms with E-state index in [0.717, 1.165) is 10.0 Å². The Labute approximate surface area is 132 Å². The molecule has 2 aromatic rings. The van der Waals surface area contributed by atoms with Gasteiger partial charge in [-0.05, 0) is 52.7 Å². The van der Waals surface area contributed by atoms with Crippen molar-refractivity contribution in [3.8, 4) is 0 Å². The average Bonchev–Trinajstić information content (AvgIpc) is 2.32. The van der Waals surface area contributed by atoms with Crippen LogP contribution < -0.4 is 5.32 Å². The Hall–Kier alpha value is -0.910. The van der Waals surface area contributed by atoms with Gasteiger partial charge in [-0.2, -0.15) is 0 Å². The first-order valence-electron chi connectivity index (χ1n) is 5.35. The quantitative estimate of drug-likeness (QED) is 0.729. The number of anilines is 1. The highest BCUT2D eigenvalue weighted by molar-refractivity contribution is 9.10. The lowest BCUT2D eigenvalue weighted by molar-refractivity contribution is 0.102. The Kier molecular flexibility index (Phi) is 4.60. The van der Waals surface area contributed by atoms with E-state index in [0.29, 0.717) is 20.9 Å². The Morgan fingerprint density at radius 3 is 2.63 bits per heavy atom. The van der Waals surface area contributed by atoms with Crippen molar-refractivity contribution in [3.63, 3.8) is 0 Å². The van der Waals surface area contributed by atoms with Gasteiger partial charge in [-0.25, -0.2) is 4.98 Å². The second kappa shape index (κ2) is 6.03. The van der Waals surface area contributed by atoms with Gasteiger partial charge in [-0.15, -0.1) is 0 Å². The monoisotopic (exact) mass is 402 g/mol. The van der Waals surface area contributed by atoms with Gasteiger partial charge in [0.2, 0.25) is 0 Å². The second-order valence-corrected chi connectivity index (χ2v) is 6.10. The summed E-state index contributed by atoms with van der Waals surface area (Å²) in [6.45, 7) is 1.93. The van der Waals surface area contributed by atoms with Gasteiger partial charge in [0.1, 0.15) is 5.15 Å². The normalized spacial score (nSPS) is 10.3. The Balaban J connectivity index is 2.22. The number of halogens is 3. The first-order chi connectivity index (χ1) is 8.95. The lowest BCUT2D eigenvalue weighted by Crippen LogP contribution is -2.12. The van der Waals surface area contributed by atoms with E-state index in [2.05, 4.69) is 42.2 Å². The fourth-order valence-electron chi connectivity index (χ4n) is 1.56. The van der Waals surface area contributed by atoms with Crippen molar-refractivity contribution >= 4 is 55.1 Å². The maximum absolute atomic E-state index is 12.1. The molecular formula is C13H9Br2ClN2O. The molecule has 19 heavy (non-hydrogen) atoms. The Morgan fingerprint density at radius 1 is 1.26 bits per heavy atom. The van der Waals surface area contributed by atoms with Crippen LogP contribution in [0.2, 0.25) is 5.15 Å². The molecule has 0 saturated carbocycles. The molecule has 1 aromatic carbocycles. The molecule has 0 radical (unpaired) electrons. The van der Waals surface area contributed by atoms with E-state index in [9.17, 15) is 4.79 Å². The summed E-state index contributed by atoms with van der Waals surface area (Å²) in [5.41, 5.74) is 2.17. The molecule has 2 rings (SSSR count). The van der Waals surface area contributed by atoms with Gasteiger partial charge in [0.15, 0.2) is 0 Å². The minimum absolute atomic E-state index is 0.194. The van der Waals surface area contributed by atoms with Crippen LogP contribution in [-0.4, -0.2) is 10.9 Å². The smallest absolute Gasteiger partial charge is 0.255 e. The minimum atomic E-state index is -0.194. The SMILES string of the molecule is Cc1cc(Br)cc(C(=O)Nc2cnc(Cl)c(Br)c2)c1. The number of hydrogen-bond acceptors (Lipinski definition) is 2. The van der Waals surface area contributed by atoms with Crippen molar-refractivity contribution < 1.29 is 4.79 Å². The zero-order chi connectivity index (χ0) is 14.0. The fraction of sp³-hybridized carbons (Fsp3) is 0.0769. The second-order valence-electron chi connectivity index (χ2n) is 3.97. The van der Waals surface area contributed by atoms with Crippen LogP contribution in [-0.2, 0) is 0 Å². The van der Waals surface area contributed by atoms with Crippen LogP contribution in [0.15, 0.2) is 39.4 Å². The number of nitrogens with one attached hydrogen (secondary N) is 1. The molecule has 1 aromatic heterocycles. The molecule has 0 saturated heterocycles. The third kappa shape index (κ3) is 3.78. The fourth-order valence-corrected chi connectivity index (χ4v) is 2.62. The summed E-state index contributed by atoms with van der Waals surface area (Å²) in [6, 6.07) is 7.23. The highest BCUT2D eigenvalue weighted by atomic mass is 79.9. The van der Waals surface area contributed by atoms with E-state index in [4.69, 9.17) is 11.6 Å². The van der Waals surface area contributed by atoms with Crippen LogP contribution in [0.5, 0.6) is 0 Å². The van der Waals surface area contributed by atoms with Crippen LogP contribution in [0, 0.1) is 6.92 Å². The first-order valence-corrected chi connectivity index (χ1v) is 7.31. The van der Waals surface area contributed by atoms with Gasteiger partial charge in [0, 0.05) is 10.0 Å². The van der Waals surface area contributed by atoms with Gasteiger partial charge in [0.25, 0.3) is 5.91 Å². The van der Waals surface area contributed by atoms with Gasteiger partial charge < -0.3 is 5.32 Å². The summed E-state index contributed by atoms with van der Waals surface area (Å²) in [6.07, 6.45) is 1.51. The third-order valence-electron chi connectivity index (χ3n) is 2.36. The summed E-state index contributed by atoms with van der Waals surface area (Å²) >= 11 is 12.4. The highest BCUT2D eigenvalue weighted by Crippen LogP contribution is 2.23. The van der Waals surface area contributed by atoms with Crippen molar-refractivity contribution in [2.45, 2.75) is 6.92 Å². The molecule has 0 aliphatic rings. The third-order valence-corrected chi connectivity index (χ3v) is 3.95. The molecule has 3 nitrogen and oxygen atoms in total. The summed E-state index contributed by atoms with van der Waals surface area (Å²) in [7, 11) is 0. The molecule has 0 aliphatic carbocycles. The number of aromatic nitrogens is 1. The van der Waals surface area contributed by atoms with Crippen LogP contribution in [0.1, 0.15) is 15.9 Å². The zero-order valence-corrected chi connectivity index (χ0v) is 13.8. The molecule has 1 heterocycles. The van der Waals surface area contributed by atoms with E-state index in [1.165, 1.54) is 6.20 Å². The number of aryl methyl sites for hydroxylation is 1. The van der Waals surface area contributed by atoms with Gasteiger partial charge in [0.05, 0.1) is 16.4 Å². The van der Waals surface area contributed by atoms with Crippen LogP contribution in [0.3, 0.4) is 0 Å². The standard InChI is InChI=1S/C13H9Br2ClN2O/c1-7-2-8(4-9(14)3-7)13(19)18-10-5-11(15)12(16)17-6-10/h2-6H,1H3,(H,18,19). The van der Waals surface area contributed by atoms with Crippen molar-refractivity contribution in [2.75, 3.05) is 5.32 Å². The first kappa shape index (κ1) is 14.5. The molecule has 0 atom stereocenters. The van der Waals surface area contributed by atoms with Gasteiger partial charge in [-0.3, -0.25) is 4.79 Å². The maximum Gasteiger partial charge on any atom is 0.255 e. The summed E-state index contributed by atoms with van der Waals surface area (Å²) in [4.78, 5) is 16.1. The predicted octanol–water partition coefficient (Wildman–Crippen LogP) is 4.82. The lowest BCUT2D eigenvalue weighted by atomic mass is 10.1. The van der Waals surface area contributed by atoms with Crippen molar-refractivity contribution in [1.29, 1.82) is 0 Å². The number of nitrogens with zero attached hydrogens (tertiary/aromatic N) is 1. The molecule has 1 amide bonds. The Morgan fingerprint density at radius 2 is 2.00 bits per heavy atom. The molecule has 6 heteroatoms. The summed E-state index contributed by atoms with van der Waals surface area (Å²) in [5.74, 6) is -0.194. The molecule has 0 unspecified atom stereocenters. The largest absolute Gasteiger partial charge is 0.321 e. The van der Waals surface area contributed by atoms with E-state index in [-0.39, 0.29) is 5.91 Å². The van der Waals surface area contributed by atoms with Crippen LogP contribution in [0.25, 0.3) is 0 Å². The molecule has 98 valence electrons. The number of hydrogen-bond donors (Lipinski definition) is 1. The number of carbonyl (C=O) groups excluding carboxylic acids is 1. The molecular weight excluding hydrogens is 395 g/mol.